The first-order valence-corrected chi connectivity index (χ1v) is 10.1. The molecule has 0 radical (unpaired) electrons. The Morgan fingerprint density at radius 2 is 1.80 bits per heavy atom. The number of carbonyl (C=O) groups is 3. The molecule has 8 nitrogen and oxygen atoms in total. The number of nitrogens with zero attached hydrogens (tertiary/aromatic N) is 2. The monoisotopic (exact) mass is 463 g/mol. The number of cyclic esters (lactones) is 1. The highest BCUT2D eigenvalue weighted by molar-refractivity contribution is 6.53. The van der Waals surface area contributed by atoms with Crippen LogP contribution in [-0.2, 0) is 14.3 Å². The highest BCUT2D eigenvalue weighted by atomic mass is 35.5. The number of hydrogen-bond donors (Lipinski definition) is 2. The molecule has 12 heteroatoms. The van der Waals surface area contributed by atoms with Crippen molar-refractivity contribution in [1.82, 2.24) is 5.32 Å². The second-order valence-electron chi connectivity index (χ2n) is 7.52. The predicted molar refractivity (Wildman–Crippen MR) is 103 cm³/mol. The summed E-state index contributed by atoms with van der Waals surface area (Å²) in [6, 6.07) is 2.07. The molecule has 2 N–H and O–H groups in total. The van der Waals surface area contributed by atoms with Gasteiger partial charge in [-0.15, -0.1) is 0 Å². The second kappa shape index (κ2) is 7.73. The Bertz CT molecular complexity index is 883. The average molecular weight is 464 g/mol. The van der Waals surface area contributed by atoms with E-state index >= 15 is 0 Å². The van der Waals surface area contributed by atoms with Crippen molar-refractivity contribution >= 4 is 52.5 Å². The standard InChI is InChI=1S/C18H17Cl2F2N3O5/c19-15(20)16(26)23-3-8-4-25(18(29)30-8)7-1-11(21)14(12(22)2-7)24-5-9-10(6-24)13(9)17(27)28/h1-2,8-10,13,15H,3-6H2,(H,23,26)(H,27,28)/t8-,9-,10+,13?/m0/s1. The lowest BCUT2D eigenvalue weighted by atomic mass is 10.2. The van der Waals surface area contributed by atoms with Crippen molar-refractivity contribution < 1.29 is 33.0 Å². The lowest BCUT2D eigenvalue weighted by molar-refractivity contribution is -0.139. The minimum Gasteiger partial charge on any atom is -0.481 e. The third-order valence-electron chi connectivity index (χ3n) is 5.68. The molecule has 3 fully saturated rings. The molecule has 1 saturated carbocycles. The van der Waals surface area contributed by atoms with Crippen molar-refractivity contribution in [3.8, 4) is 0 Å². The highest BCUT2D eigenvalue weighted by Gasteiger charge is 2.60. The summed E-state index contributed by atoms with van der Waals surface area (Å²) >= 11 is 10.8. The van der Waals surface area contributed by atoms with Gasteiger partial charge in [0.15, 0.2) is 16.5 Å². The quantitative estimate of drug-likeness (QED) is 0.625. The van der Waals surface area contributed by atoms with Crippen LogP contribution in [-0.4, -0.2) is 60.2 Å². The van der Waals surface area contributed by atoms with Crippen LogP contribution < -0.4 is 15.1 Å². The average Bonchev–Trinajstić information content (AvgIpc) is 2.98. The van der Waals surface area contributed by atoms with Gasteiger partial charge in [0, 0.05) is 25.2 Å². The molecular weight excluding hydrogens is 447 g/mol. The fourth-order valence-corrected chi connectivity index (χ4v) is 4.37. The van der Waals surface area contributed by atoms with Crippen LogP contribution in [0.3, 0.4) is 0 Å². The zero-order chi connectivity index (χ0) is 21.7. The Morgan fingerprint density at radius 1 is 1.20 bits per heavy atom. The Labute approximate surface area is 179 Å². The highest BCUT2D eigenvalue weighted by Crippen LogP contribution is 2.53. The number of amides is 2. The van der Waals surface area contributed by atoms with E-state index in [1.54, 1.807) is 0 Å². The fourth-order valence-electron chi connectivity index (χ4n) is 4.22. The fraction of sp³-hybridized carbons (Fsp3) is 0.500. The number of carbonyl (C=O) groups excluding carboxylic acids is 2. The number of anilines is 2. The van der Waals surface area contributed by atoms with E-state index in [1.165, 1.54) is 4.90 Å². The SMILES string of the molecule is O=C(NC[C@H]1CN(c2cc(F)c(N3C[C@@H]4C(C(=O)O)[C@@H]4C3)c(F)c2)C(=O)O1)C(Cl)Cl. The van der Waals surface area contributed by atoms with Crippen LogP contribution in [0, 0.1) is 29.4 Å². The van der Waals surface area contributed by atoms with E-state index in [4.69, 9.17) is 33.0 Å². The van der Waals surface area contributed by atoms with Crippen molar-refractivity contribution in [3.05, 3.63) is 23.8 Å². The number of nitrogens with one attached hydrogen (secondary N) is 1. The summed E-state index contributed by atoms with van der Waals surface area (Å²) in [7, 11) is 0. The molecule has 2 aliphatic heterocycles. The number of piperidine rings is 1. The summed E-state index contributed by atoms with van der Waals surface area (Å²) in [6.45, 7) is 0.455. The van der Waals surface area contributed by atoms with Crippen LogP contribution in [0.1, 0.15) is 0 Å². The maximum absolute atomic E-state index is 14.7. The van der Waals surface area contributed by atoms with Gasteiger partial charge in [0.2, 0.25) is 0 Å². The second-order valence-corrected chi connectivity index (χ2v) is 8.61. The number of fused-ring (bicyclic) bond motifs is 1. The first kappa shape index (κ1) is 20.9. The van der Waals surface area contributed by atoms with E-state index < -0.39 is 46.5 Å². The predicted octanol–water partition coefficient (Wildman–Crippen LogP) is 1.98. The number of alkyl halides is 2. The minimum atomic E-state index is -1.27. The Kier molecular flexibility index (Phi) is 5.39. The van der Waals surface area contributed by atoms with E-state index in [9.17, 15) is 23.2 Å². The molecule has 1 aromatic rings. The van der Waals surface area contributed by atoms with E-state index in [1.807, 2.05) is 0 Å². The molecule has 1 aliphatic carbocycles. The smallest absolute Gasteiger partial charge is 0.414 e. The molecule has 0 bridgehead atoms. The third-order valence-corrected chi connectivity index (χ3v) is 6.08. The molecular formula is C18H17Cl2F2N3O5. The van der Waals surface area contributed by atoms with E-state index in [0.29, 0.717) is 0 Å². The minimum absolute atomic E-state index is 0.0205. The van der Waals surface area contributed by atoms with Crippen molar-refractivity contribution in [2.45, 2.75) is 10.9 Å². The molecule has 1 unspecified atom stereocenters. The summed E-state index contributed by atoms with van der Waals surface area (Å²) in [6.07, 6.45) is -1.54. The summed E-state index contributed by atoms with van der Waals surface area (Å²) in [4.78, 5) is 35.9. The van der Waals surface area contributed by atoms with Crippen LogP contribution in [0.25, 0.3) is 0 Å². The van der Waals surface area contributed by atoms with Gasteiger partial charge in [-0.2, -0.15) is 0 Å². The van der Waals surface area contributed by atoms with Crippen molar-refractivity contribution in [3.63, 3.8) is 0 Å². The summed E-state index contributed by atoms with van der Waals surface area (Å²) < 4.78 is 34.5. The topological polar surface area (TPSA) is 99.2 Å². The van der Waals surface area contributed by atoms with Gasteiger partial charge in [-0.1, -0.05) is 23.2 Å². The van der Waals surface area contributed by atoms with Crippen molar-refractivity contribution in [2.24, 2.45) is 17.8 Å². The van der Waals surface area contributed by atoms with Gasteiger partial charge in [-0.3, -0.25) is 14.5 Å². The van der Waals surface area contributed by atoms with Crippen LogP contribution in [0.5, 0.6) is 0 Å². The summed E-state index contributed by atoms with van der Waals surface area (Å²) in [5, 5.41) is 11.5. The van der Waals surface area contributed by atoms with Crippen LogP contribution in [0.15, 0.2) is 12.1 Å². The van der Waals surface area contributed by atoms with Gasteiger partial charge in [0.05, 0.1) is 24.7 Å². The van der Waals surface area contributed by atoms with Crippen molar-refractivity contribution in [2.75, 3.05) is 36.0 Å². The molecule has 0 spiro atoms. The Balaban J connectivity index is 1.43. The maximum Gasteiger partial charge on any atom is 0.414 e. The van der Waals surface area contributed by atoms with Crippen molar-refractivity contribution in [1.29, 1.82) is 0 Å². The molecule has 2 saturated heterocycles. The largest absolute Gasteiger partial charge is 0.481 e. The third kappa shape index (κ3) is 3.74. The van der Waals surface area contributed by atoms with Gasteiger partial charge in [-0.05, 0) is 11.8 Å². The lowest BCUT2D eigenvalue weighted by Gasteiger charge is -2.24. The molecule has 4 atom stereocenters. The molecule has 2 amide bonds. The Morgan fingerprint density at radius 3 is 2.33 bits per heavy atom. The first-order chi connectivity index (χ1) is 14.2. The maximum atomic E-state index is 14.7. The van der Waals surface area contributed by atoms with Crippen LogP contribution in [0.4, 0.5) is 25.0 Å². The Hall–Kier alpha value is -2.33. The van der Waals surface area contributed by atoms with E-state index in [0.717, 1.165) is 17.0 Å². The van der Waals surface area contributed by atoms with Crippen LogP contribution in [0.2, 0.25) is 0 Å². The van der Waals surface area contributed by atoms with Crippen LogP contribution >= 0.6 is 23.2 Å². The molecule has 3 aliphatic rings. The molecule has 0 aromatic heterocycles. The lowest BCUT2D eigenvalue weighted by Crippen LogP contribution is -2.37. The number of ether oxygens (including phenoxy) is 1. The number of carboxylic acids is 1. The zero-order valence-electron chi connectivity index (χ0n) is 15.4. The van der Waals surface area contributed by atoms with Gasteiger partial charge in [0.25, 0.3) is 5.91 Å². The molecule has 4 rings (SSSR count). The van der Waals surface area contributed by atoms with Gasteiger partial charge >= 0.3 is 12.1 Å². The number of carboxylic acid groups (broad SMARTS) is 1. The van der Waals surface area contributed by atoms with E-state index in [-0.39, 0.29) is 49.4 Å². The number of halogens is 4. The summed E-state index contributed by atoms with van der Waals surface area (Å²) in [5.74, 6) is -3.90. The molecule has 30 heavy (non-hydrogen) atoms. The van der Waals surface area contributed by atoms with E-state index in [2.05, 4.69) is 5.32 Å². The van der Waals surface area contributed by atoms with Gasteiger partial charge in [-0.25, -0.2) is 13.6 Å². The summed E-state index contributed by atoms with van der Waals surface area (Å²) in [5.41, 5.74) is -0.255. The zero-order valence-corrected chi connectivity index (χ0v) is 16.9. The number of benzene rings is 1. The molecule has 162 valence electrons. The molecule has 1 aromatic carbocycles. The normalized spacial score (nSPS) is 27.3. The van der Waals surface area contributed by atoms with Gasteiger partial charge < -0.3 is 20.1 Å². The number of aliphatic carboxylic acids is 1. The number of hydrogen-bond acceptors (Lipinski definition) is 5. The van der Waals surface area contributed by atoms with Gasteiger partial charge in [0.1, 0.15) is 11.8 Å². The molecule has 2 heterocycles. The first-order valence-electron chi connectivity index (χ1n) is 9.18. The number of rotatable bonds is 6.